The number of amides is 3. The van der Waals surface area contributed by atoms with E-state index in [0.29, 0.717) is 68.5 Å². The first-order chi connectivity index (χ1) is 24.7. The molecule has 51 heavy (non-hydrogen) atoms. The average molecular weight is 762 g/mol. The van der Waals surface area contributed by atoms with Crippen LogP contribution in [0.4, 0.5) is 0 Å². The molecule has 270 valence electrons. The number of piperazine rings is 1. The van der Waals surface area contributed by atoms with Crippen LogP contribution >= 0.6 is 15.9 Å². The second-order valence-corrected chi connectivity index (χ2v) is 14.1. The van der Waals surface area contributed by atoms with Gasteiger partial charge in [0.25, 0.3) is 5.91 Å². The Labute approximate surface area is 307 Å². The maximum Gasteiger partial charge on any atom is 0.252 e. The summed E-state index contributed by atoms with van der Waals surface area (Å²) in [5, 5.41) is 3.66. The van der Waals surface area contributed by atoms with Crippen LogP contribution in [0.15, 0.2) is 76.8 Å². The molecular weight excluding hydrogens is 716 g/mol. The van der Waals surface area contributed by atoms with Crippen LogP contribution < -0.4 is 30.0 Å². The first-order valence-corrected chi connectivity index (χ1v) is 18.2. The Morgan fingerprint density at radius 1 is 0.863 bits per heavy atom. The molecule has 2 atom stereocenters. The summed E-state index contributed by atoms with van der Waals surface area (Å²) in [6, 6.07) is 21.0. The van der Waals surface area contributed by atoms with Crippen LogP contribution in [-0.2, 0) is 20.9 Å². The van der Waals surface area contributed by atoms with Crippen molar-refractivity contribution in [1.29, 1.82) is 0 Å². The number of nitrogens with two attached hydrogens (primary N) is 1. The second-order valence-electron chi connectivity index (χ2n) is 13.2. The van der Waals surface area contributed by atoms with Gasteiger partial charge in [0.15, 0.2) is 0 Å². The number of methoxy groups -OCH3 is 2. The van der Waals surface area contributed by atoms with Gasteiger partial charge in [-0.15, -0.1) is 0 Å². The summed E-state index contributed by atoms with van der Waals surface area (Å²) in [5.74, 6) is 2.31. The summed E-state index contributed by atoms with van der Waals surface area (Å²) in [4.78, 5) is 43.2. The Bertz CT molecular complexity index is 1720. The topological polar surface area (TPSA) is 133 Å². The highest BCUT2D eigenvalue weighted by Crippen LogP contribution is 2.38. The van der Waals surface area contributed by atoms with Gasteiger partial charge in [0.2, 0.25) is 11.8 Å². The molecule has 1 unspecified atom stereocenters. The summed E-state index contributed by atoms with van der Waals surface area (Å²) in [7, 11) is 3.23. The molecule has 0 spiro atoms. The number of primary amides is 1. The SMILES string of the molecule is COc1cc(CN(C(=O)C2=C(c3ccc(OCCOc4ccc(Br)cc4)cc3)CC3CN(C(=O)CCCC(N)=O)C[C@H]2N3)C2CC2)cc(OC)c1. The summed E-state index contributed by atoms with van der Waals surface area (Å²) in [6.07, 6.45) is 3.25. The van der Waals surface area contributed by atoms with E-state index in [9.17, 15) is 14.4 Å². The number of benzene rings is 3. The number of hydrogen-bond acceptors (Lipinski definition) is 8. The molecule has 1 aliphatic carbocycles. The third-order valence-electron chi connectivity index (χ3n) is 9.45. The molecule has 1 saturated carbocycles. The van der Waals surface area contributed by atoms with Crippen LogP contribution in [0.1, 0.15) is 49.7 Å². The summed E-state index contributed by atoms with van der Waals surface area (Å²) >= 11 is 3.43. The van der Waals surface area contributed by atoms with Crippen molar-refractivity contribution >= 4 is 39.2 Å². The molecule has 0 aromatic heterocycles. The predicted molar refractivity (Wildman–Crippen MR) is 197 cm³/mol. The van der Waals surface area contributed by atoms with E-state index in [1.54, 1.807) is 14.2 Å². The van der Waals surface area contributed by atoms with Crippen LogP contribution in [-0.4, -0.2) is 86.2 Å². The number of halogens is 1. The van der Waals surface area contributed by atoms with Gasteiger partial charge in [-0.3, -0.25) is 14.4 Å². The lowest BCUT2D eigenvalue weighted by molar-refractivity contribution is -0.134. The molecule has 2 heterocycles. The highest BCUT2D eigenvalue weighted by atomic mass is 79.9. The maximum atomic E-state index is 14.8. The normalized spacial score (nSPS) is 18.2. The smallest absolute Gasteiger partial charge is 0.252 e. The Kier molecular flexibility index (Phi) is 11.8. The zero-order valence-corrected chi connectivity index (χ0v) is 30.7. The number of hydrogen-bond donors (Lipinski definition) is 2. The fourth-order valence-corrected chi connectivity index (χ4v) is 7.07. The number of rotatable bonds is 16. The Morgan fingerprint density at radius 3 is 2.08 bits per heavy atom. The minimum Gasteiger partial charge on any atom is -0.497 e. The van der Waals surface area contributed by atoms with Crippen LogP contribution in [0.3, 0.4) is 0 Å². The molecule has 1 saturated heterocycles. The van der Waals surface area contributed by atoms with E-state index in [1.807, 2.05) is 76.5 Å². The van der Waals surface area contributed by atoms with Crippen molar-refractivity contribution in [3.05, 3.63) is 87.9 Å². The third-order valence-corrected chi connectivity index (χ3v) is 9.98. The van der Waals surface area contributed by atoms with Crippen molar-refractivity contribution in [2.24, 2.45) is 5.73 Å². The monoisotopic (exact) mass is 760 g/mol. The molecular formula is C39H45BrN4O7. The summed E-state index contributed by atoms with van der Waals surface area (Å²) in [6.45, 7) is 2.06. The van der Waals surface area contributed by atoms with Gasteiger partial charge in [-0.05, 0) is 90.9 Å². The summed E-state index contributed by atoms with van der Waals surface area (Å²) < 4.78 is 23.8. The molecule has 3 aromatic rings. The lowest BCUT2D eigenvalue weighted by Gasteiger charge is -2.45. The van der Waals surface area contributed by atoms with Gasteiger partial charge in [-0.1, -0.05) is 28.1 Å². The standard InChI is InChI=1S/C39H45BrN4O7/c1-48-32-18-25(19-33(21-32)49-2)22-44(29-10-11-29)39(47)38-34(20-28-23-43(24-35(38)42-28)37(46)5-3-4-36(41)45)26-6-12-30(13-7-26)50-16-17-51-31-14-8-27(40)9-15-31/h6-9,12-15,18-19,21,28-29,35,42H,3-5,10-11,16-17,20,22-24H2,1-2H3,(H2,41,45)/t28?,35-/m1/s1. The number of fused-ring (bicyclic) bond motifs is 2. The van der Waals surface area contributed by atoms with Crippen LogP contribution in [0, 0.1) is 0 Å². The Hall–Kier alpha value is -4.55. The van der Waals surface area contributed by atoms with Crippen LogP contribution in [0.25, 0.3) is 5.57 Å². The van der Waals surface area contributed by atoms with Gasteiger partial charge >= 0.3 is 0 Å². The van der Waals surface area contributed by atoms with Crippen LogP contribution in [0.5, 0.6) is 23.0 Å². The minimum absolute atomic E-state index is 0.0286. The minimum atomic E-state index is -0.417. The molecule has 3 aliphatic rings. The maximum absolute atomic E-state index is 14.8. The Balaban J connectivity index is 1.24. The molecule has 2 fully saturated rings. The van der Waals surface area contributed by atoms with Gasteiger partial charge in [0.1, 0.15) is 36.2 Å². The molecule has 3 aromatic carbocycles. The number of ether oxygens (including phenoxy) is 4. The molecule has 12 heteroatoms. The quantitative estimate of drug-likeness (QED) is 0.193. The van der Waals surface area contributed by atoms with E-state index in [0.717, 1.165) is 39.8 Å². The lowest BCUT2D eigenvalue weighted by atomic mass is 9.82. The molecule has 2 bridgehead atoms. The number of carbonyl (C=O) groups excluding carboxylic acids is 3. The van der Waals surface area contributed by atoms with Gasteiger partial charge in [0, 0.05) is 60.7 Å². The molecule has 0 radical (unpaired) electrons. The lowest BCUT2D eigenvalue weighted by Crippen LogP contribution is -2.62. The Morgan fingerprint density at radius 2 is 1.49 bits per heavy atom. The fourth-order valence-electron chi connectivity index (χ4n) is 6.81. The first-order valence-electron chi connectivity index (χ1n) is 17.4. The number of nitrogens with one attached hydrogen (secondary N) is 1. The molecule has 6 rings (SSSR count). The van der Waals surface area contributed by atoms with Gasteiger partial charge in [0.05, 0.1) is 20.3 Å². The second kappa shape index (κ2) is 16.6. The van der Waals surface area contributed by atoms with Crippen molar-refractivity contribution in [2.45, 2.75) is 63.2 Å². The number of nitrogens with zero attached hydrogens (tertiary/aromatic N) is 2. The van der Waals surface area contributed by atoms with E-state index >= 15 is 0 Å². The zero-order valence-electron chi connectivity index (χ0n) is 29.1. The van der Waals surface area contributed by atoms with Crippen LogP contribution in [0.2, 0.25) is 0 Å². The van der Waals surface area contributed by atoms with Crippen molar-refractivity contribution < 1.29 is 33.3 Å². The molecule has 11 nitrogen and oxygen atoms in total. The fraction of sp³-hybridized carbons (Fsp3) is 0.410. The van der Waals surface area contributed by atoms with E-state index in [1.165, 1.54) is 0 Å². The zero-order chi connectivity index (χ0) is 35.9. The molecule has 3 N–H and O–H groups in total. The van der Waals surface area contributed by atoms with Gasteiger partial charge < -0.3 is 39.8 Å². The van der Waals surface area contributed by atoms with Crippen molar-refractivity contribution in [1.82, 2.24) is 15.1 Å². The first kappa shape index (κ1) is 36.2. The predicted octanol–water partition coefficient (Wildman–Crippen LogP) is 5.10. The van der Waals surface area contributed by atoms with E-state index in [4.69, 9.17) is 24.7 Å². The third kappa shape index (κ3) is 9.42. The van der Waals surface area contributed by atoms with E-state index in [-0.39, 0.29) is 42.8 Å². The molecule has 2 aliphatic heterocycles. The van der Waals surface area contributed by atoms with E-state index in [2.05, 4.69) is 21.2 Å². The highest BCUT2D eigenvalue weighted by molar-refractivity contribution is 9.10. The van der Waals surface area contributed by atoms with Gasteiger partial charge in [-0.25, -0.2) is 0 Å². The number of carbonyl (C=O) groups is 3. The van der Waals surface area contributed by atoms with E-state index < -0.39 is 5.91 Å². The summed E-state index contributed by atoms with van der Waals surface area (Å²) in [5.41, 5.74) is 8.84. The van der Waals surface area contributed by atoms with Crippen molar-refractivity contribution in [2.75, 3.05) is 40.5 Å². The molecule has 3 amide bonds. The van der Waals surface area contributed by atoms with Crippen molar-refractivity contribution in [3.63, 3.8) is 0 Å². The highest BCUT2D eigenvalue weighted by Gasteiger charge is 2.43. The average Bonchev–Trinajstić information content (AvgIpc) is 3.98. The largest absolute Gasteiger partial charge is 0.497 e. The van der Waals surface area contributed by atoms with Gasteiger partial charge in [-0.2, -0.15) is 0 Å². The van der Waals surface area contributed by atoms with Crippen molar-refractivity contribution in [3.8, 4) is 23.0 Å².